The molecule has 2 aromatic rings. The Morgan fingerprint density at radius 2 is 2.28 bits per heavy atom. The first-order chi connectivity index (χ1) is 8.65. The van der Waals surface area contributed by atoms with E-state index in [4.69, 9.17) is 4.42 Å². The third kappa shape index (κ3) is 3.64. The van der Waals surface area contributed by atoms with Gasteiger partial charge in [0.2, 0.25) is 5.91 Å². The van der Waals surface area contributed by atoms with Crippen molar-refractivity contribution in [1.82, 2.24) is 9.97 Å². The summed E-state index contributed by atoms with van der Waals surface area (Å²) < 4.78 is 6.24. The molecule has 0 aliphatic carbocycles. The Morgan fingerprint density at radius 3 is 2.94 bits per heavy atom. The van der Waals surface area contributed by atoms with E-state index in [0.717, 1.165) is 5.76 Å². The van der Waals surface area contributed by atoms with Gasteiger partial charge in [-0.25, -0.2) is 9.97 Å². The normalized spacial score (nSPS) is 10.3. The lowest BCUT2D eigenvalue weighted by molar-refractivity contribution is -0.116. The summed E-state index contributed by atoms with van der Waals surface area (Å²) in [4.78, 5) is 19.8. The van der Waals surface area contributed by atoms with Crippen molar-refractivity contribution >= 4 is 43.6 Å². The molecule has 0 fully saturated rings. The van der Waals surface area contributed by atoms with Crippen molar-refractivity contribution in [3.8, 4) is 0 Å². The van der Waals surface area contributed by atoms with E-state index >= 15 is 0 Å². The van der Waals surface area contributed by atoms with Crippen LogP contribution in [0, 0.1) is 0 Å². The van der Waals surface area contributed by atoms with Gasteiger partial charge < -0.3 is 9.73 Å². The largest absolute Gasteiger partial charge is 0.469 e. The summed E-state index contributed by atoms with van der Waals surface area (Å²) in [5.74, 6) is 1.05. The quantitative estimate of drug-likeness (QED) is 0.892. The monoisotopic (exact) mass is 373 g/mol. The second-order valence-electron chi connectivity index (χ2n) is 3.46. The molecule has 0 aromatic carbocycles. The van der Waals surface area contributed by atoms with E-state index in [1.807, 2.05) is 6.07 Å². The van der Waals surface area contributed by atoms with Gasteiger partial charge in [0.05, 0.1) is 12.5 Å². The van der Waals surface area contributed by atoms with Crippen molar-refractivity contribution in [3.63, 3.8) is 0 Å². The van der Waals surface area contributed by atoms with Gasteiger partial charge in [-0.3, -0.25) is 4.79 Å². The molecule has 2 rings (SSSR count). The molecule has 2 heterocycles. The molecule has 1 N–H and O–H groups in total. The molecule has 0 unspecified atom stereocenters. The smallest absolute Gasteiger partial charge is 0.226 e. The minimum absolute atomic E-state index is 0.135. The first kappa shape index (κ1) is 13.2. The Hall–Kier alpha value is -1.21. The zero-order chi connectivity index (χ0) is 13.0. The number of anilines is 1. The van der Waals surface area contributed by atoms with E-state index < -0.39 is 0 Å². The molecule has 0 aliphatic heterocycles. The molecule has 0 aliphatic rings. The molecule has 0 atom stereocenters. The predicted molar refractivity (Wildman–Crippen MR) is 73.1 cm³/mol. The fraction of sp³-hybridized carbons (Fsp3) is 0.182. The second kappa shape index (κ2) is 6.10. The van der Waals surface area contributed by atoms with Crippen LogP contribution in [0.3, 0.4) is 0 Å². The highest BCUT2D eigenvalue weighted by Gasteiger charge is 2.09. The van der Waals surface area contributed by atoms with Crippen LogP contribution in [-0.4, -0.2) is 15.9 Å². The standard InChI is InChI=1S/C11H9Br2N3O2/c12-8-6-14-11(10(13)15-8)16-9(17)4-3-7-2-1-5-18-7/h1-2,5-6H,3-4H2,(H,14,16,17). The number of furan rings is 1. The average molecular weight is 375 g/mol. The fourth-order valence-corrected chi connectivity index (χ4v) is 2.23. The lowest BCUT2D eigenvalue weighted by Crippen LogP contribution is -2.14. The molecule has 0 spiro atoms. The number of rotatable bonds is 4. The van der Waals surface area contributed by atoms with Crippen LogP contribution in [0.1, 0.15) is 12.2 Å². The molecule has 7 heteroatoms. The van der Waals surface area contributed by atoms with Crippen LogP contribution in [0.4, 0.5) is 5.82 Å². The number of aromatic nitrogens is 2. The molecule has 0 saturated carbocycles. The maximum atomic E-state index is 11.7. The summed E-state index contributed by atoms with van der Waals surface area (Å²) >= 11 is 6.42. The SMILES string of the molecule is O=C(CCc1ccco1)Nc1ncc(Br)nc1Br. The predicted octanol–water partition coefficient (Wildman–Crippen LogP) is 3.17. The van der Waals surface area contributed by atoms with Crippen molar-refractivity contribution in [2.45, 2.75) is 12.8 Å². The molecule has 1 amide bonds. The lowest BCUT2D eigenvalue weighted by atomic mass is 10.2. The second-order valence-corrected chi connectivity index (χ2v) is 5.02. The Balaban J connectivity index is 1.91. The number of halogens is 2. The summed E-state index contributed by atoms with van der Waals surface area (Å²) in [6.07, 6.45) is 4.00. The zero-order valence-electron chi connectivity index (χ0n) is 9.19. The number of nitrogens with zero attached hydrogens (tertiary/aromatic N) is 2. The number of hydrogen-bond acceptors (Lipinski definition) is 4. The first-order valence-corrected chi connectivity index (χ1v) is 6.74. The summed E-state index contributed by atoms with van der Waals surface area (Å²) in [6.45, 7) is 0. The van der Waals surface area contributed by atoms with Gasteiger partial charge in [-0.15, -0.1) is 0 Å². The summed E-state index contributed by atoms with van der Waals surface area (Å²) in [5.41, 5.74) is 0. The highest BCUT2D eigenvalue weighted by molar-refractivity contribution is 9.11. The molecule has 0 saturated heterocycles. The van der Waals surface area contributed by atoms with Crippen molar-refractivity contribution in [2.24, 2.45) is 0 Å². The molecule has 0 bridgehead atoms. The van der Waals surface area contributed by atoms with Crippen LogP contribution in [0.15, 0.2) is 38.2 Å². The zero-order valence-corrected chi connectivity index (χ0v) is 12.4. The number of hydrogen-bond donors (Lipinski definition) is 1. The van der Waals surface area contributed by atoms with Gasteiger partial charge in [0.1, 0.15) is 15.0 Å². The van der Waals surface area contributed by atoms with Crippen LogP contribution in [0.25, 0.3) is 0 Å². The minimum atomic E-state index is -0.135. The fourth-order valence-electron chi connectivity index (χ4n) is 1.32. The van der Waals surface area contributed by atoms with Gasteiger partial charge in [-0.1, -0.05) is 0 Å². The van der Waals surface area contributed by atoms with Crippen LogP contribution >= 0.6 is 31.9 Å². The number of carbonyl (C=O) groups excluding carboxylic acids is 1. The topological polar surface area (TPSA) is 68.0 Å². The van der Waals surface area contributed by atoms with Crippen LogP contribution in [-0.2, 0) is 11.2 Å². The van der Waals surface area contributed by atoms with E-state index in [9.17, 15) is 4.79 Å². The molecular weight excluding hydrogens is 366 g/mol. The van der Waals surface area contributed by atoms with E-state index in [2.05, 4.69) is 47.1 Å². The van der Waals surface area contributed by atoms with E-state index in [-0.39, 0.29) is 5.91 Å². The van der Waals surface area contributed by atoms with Gasteiger partial charge >= 0.3 is 0 Å². The van der Waals surface area contributed by atoms with E-state index in [0.29, 0.717) is 27.9 Å². The Kier molecular flexibility index (Phi) is 4.48. The number of aryl methyl sites for hydroxylation is 1. The van der Waals surface area contributed by atoms with Crippen molar-refractivity contribution < 1.29 is 9.21 Å². The third-order valence-electron chi connectivity index (χ3n) is 2.14. The molecular formula is C11H9Br2N3O2. The van der Waals surface area contributed by atoms with Gasteiger partial charge in [-0.05, 0) is 44.0 Å². The van der Waals surface area contributed by atoms with E-state index in [1.165, 1.54) is 6.20 Å². The maximum absolute atomic E-state index is 11.7. The summed E-state index contributed by atoms with van der Waals surface area (Å²) in [5, 5.41) is 2.68. The van der Waals surface area contributed by atoms with Crippen molar-refractivity contribution in [1.29, 1.82) is 0 Å². The van der Waals surface area contributed by atoms with Crippen molar-refractivity contribution in [2.75, 3.05) is 5.32 Å². The van der Waals surface area contributed by atoms with Gasteiger partial charge in [0.15, 0.2) is 5.82 Å². The van der Waals surface area contributed by atoms with Crippen LogP contribution < -0.4 is 5.32 Å². The number of carbonyl (C=O) groups is 1. The van der Waals surface area contributed by atoms with Gasteiger partial charge in [0, 0.05) is 12.8 Å². The highest BCUT2D eigenvalue weighted by Crippen LogP contribution is 2.19. The van der Waals surface area contributed by atoms with Gasteiger partial charge in [0.25, 0.3) is 0 Å². The van der Waals surface area contributed by atoms with E-state index in [1.54, 1.807) is 12.3 Å². The molecule has 94 valence electrons. The van der Waals surface area contributed by atoms with Crippen LogP contribution in [0.2, 0.25) is 0 Å². The molecule has 18 heavy (non-hydrogen) atoms. The lowest BCUT2D eigenvalue weighted by Gasteiger charge is -2.05. The highest BCUT2D eigenvalue weighted by atomic mass is 79.9. The maximum Gasteiger partial charge on any atom is 0.226 e. The summed E-state index contributed by atoms with van der Waals surface area (Å²) in [6, 6.07) is 3.63. The Labute approximate surface area is 120 Å². The summed E-state index contributed by atoms with van der Waals surface area (Å²) in [7, 11) is 0. The van der Waals surface area contributed by atoms with Crippen LogP contribution in [0.5, 0.6) is 0 Å². The Bertz CT molecular complexity index is 543. The number of nitrogens with one attached hydrogen (secondary N) is 1. The first-order valence-electron chi connectivity index (χ1n) is 5.15. The molecule has 5 nitrogen and oxygen atoms in total. The number of amides is 1. The average Bonchev–Trinajstić information content (AvgIpc) is 2.83. The molecule has 2 aromatic heterocycles. The minimum Gasteiger partial charge on any atom is -0.469 e. The van der Waals surface area contributed by atoms with Crippen molar-refractivity contribution in [3.05, 3.63) is 39.6 Å². The van der Waals surface area contributed by atoms with Gasteiger partial charge in [-0.2, -0.15) is 0 Å². The third-order valence-corrected chi connectivity index (χ3v) is 3.07. The Morgan fingerprint density at radius 1 is 1.44 bits per heavy atom. The molecule has 0 radical (unpaired) electrons.